The van der Waals surface area contributed by atoms with E-state index in [1.54, 1.807) is 0 Å². The van der Waals surface area contributed by atoms with E-state index in [2.05, 4.69) is 16.0 Å². The summed E-state index contributed by atoms with van der Waals surface area (Å²) < 4.78 is 2.30. The highest BCUT2D eigenvalue weighted by Crippen LogP contribution is 2.50. The molecule has 2 aliphatic heterocycles. The first-order valence-corrected chi connectivity index (χ1v) is 9.19. The molecule has 6 rings (SSSR count). The van der Waals surface area contributed by atoms with Crippen molar-refractivity contribution in [2.75, 3.05) is 0 Å². The lowest BCUT2D eigenvalue weighted by Crippen LogP contribution is -2.28. The number of nitrogens with one attached hydrogen (secondary N) is 1. The smallest absolute Gasteiger partial charge is 0.252 e. The van der Waals surface area contributed by atoms with E-state index in [-0.39, 0.29) is 18.0 Å². The van der Waals surface area contributed by atoms with E-state index in [0.717, 1.165) is 28.8 Å². The first kappa shape index (κ1) is 13.9. The normalized spacial score (nSPS) is 24.0. The van der Waals surface area contributed by atoms with Crippen LogP contribution in [-0.4, -0.2) is 15.5 Å². The number of hydrogen-bond donors (Lipinski definition) is 1. The molecule has 3 aromatic rings. The molecule has 2 aromatic carbocycles. The topological polar surface area (TPSA) is 46.9 Å². The highest BCUT2D eigenvalue weighted by molar-refractivity contribution is 6.31. The standard InChI is InChI=1S/C20H16ClN3O/c21-11-6-7-14-16(8-11)24-17-9-15(19(24)22-14)23-20(25)13-3-1-2-12(18(13)17)10-4-5-10/h1-3,6-8,10,15,17H,4-5,9H2,(H,23,25)/t15-,17-/m1/s1. The average molecular weight is 350 g/mol. The van der Waals surface area contributed by atoms with Gasteiger partial charge in [0.25, 0.3) is 5.91 Å². The minimum Gasteiger partial charge on any atom is -0.342 e. The number of halogens is 1. The molecule has 1 amide bonds. The summed E-state index contributed by atoms with van der Waals surface area (Å²) >= 11 is 6.26. The Kier molecular flexibility index (Phi) is 2.58. The van der Waals surface area contributed by atoms with Crippen LogP contribution in [0, 0.1) is 0 Å². The van der Waals surface area contributed by atoms with Crippen molar-refractivity contribution in [1.29, 1.82) is 0 Å². The monoisotopic (exact) mass is 349 g/mol. The van der Waals surface area contributed by atoms with Gasteiger partial charge in [-0.2, -0.15) is 0 Å². The number of aromatic nitrogens is 2. The van der Waals surface area contributed by atoms with E-state index in [1.807, 2.05) is 30.3 Å². The third kappa shape index (κ3) is 1.83. The Hall–Kier alpha value is -2.33. The van der Waals surface area contributed by atoms with E-state index in [0.29, 0.717) is 10.9 Å². The van der Waals surface area contributed by atoms with Gasteiger partial charge in [0, 0.05) is 10.6 Å². The van der Waals surface area contributed by atoms with Crippen LogP contribution < -0.4 is 5.32 Å². The number of hydrogen-bond acceptors (Lipinski definition) is 2. The predicted molar refractivity (Wildman–Crippen MR) is 96.1 cm³/mol. The van der Waals surface area contributed by atoms with Crippen molar-refractivity contribution >= 4 is 28.5 Å². The zero-order valence-electron chi connectivity index (χ0n) is 13.5. The maximum Gasteiger partial charge on any atom is 0.252 e. The summed E-state index contributed by atoms with van der Waals surface area (Å²) in [4.78, 5) is 17.6. The van der Waals surface area contributed by atoms with Crippen LogP contribution in [0.2, 0.25) is 5.02 Å². The number of fused-ring (bicyclic) bond motifs is 9. The molecule has 3 heterocycles. The van der Waals surface area contributed by atoms with Crippen molar-refractivity contribution in [2.45, 2.75) is 37.3 Å². The van der Waals surface area contributed by atoms with Crippen LogP contribution in [0.4, 0.5) is 0 Å². The SMILES string of the molecule is O=C1N[C@@H]2C[C@H](c3c1cccc3C1CC1)n1c2nc2ccc(Cl)cc21. The maximum absolute atomic E-state index is 12.8. The molecule has 0 unspecified atom stereocenters. The van der Waals surface area contributed by atoms with Crippen LogP contribution in [0.25, 0.3) is 11.0 Å². The molecule has 1 aliphatic carbocycles. The number of benzene rings is 2. The largest absolute Gasteiger partial charge is 0.342 e. The fraction of sp³-hybridized carbons (Fsp3) is 0.300. The van der Waals surface area contributed by atoms with Gasteiger partial charge in [0.1, 0.15) is 5.82 Å². The highest BCUT2D eigenvalue weighted by Gasteiger charge is 2.43. The van der Waals surface area contributed by atoms with Gasteiger partial charge >= 0.3 is 0 Å². The summed E-state index contributed by atoms with van der Waals surface area (Å²) in [5, 5.41) is 3.91. The lowest BCUT2D eigenvalue weighted by molar-refractivity contribution is 0.0938. The van der Waals surface area contributed by atoms with Gasteiger partial charge in [0.15, 0.2) is 0 Å². The molecule has 25 heavy (non-hydrogen) atoms. The molecule has 1 aromatic heterocycles. The minimum atomic E-state index is -0.0388. The van der Waals surface area contributed by atoms with Gasteiger partial charge in [-0.25, -0.2) is 4.98 Å². The summed E-state index contributed by atoms with van der Waals surface area (Å²) in [7, 11) is 0. The lowest BCUT2D eigenvalue weighted by atomic mass is 9.91. The molecule has 3 aliphatic rings. The third-order valence-corrected chi connectivity index (χ3v) is 6.04. The van der Waals surface area contributed by atoms with Gasteiger partial charge in [-0.1, -0.05) is 23.7 Å². The van der Waals surface area contributed by atoms with Crippen molar-refractivity contribution in [1.82, 2.24) is 14.9 Å². The first-order chi connectivity index (χ1) is 12.2. The zero-order chi connectivity index (χ0) is 16.7. The van der Waals surface area contributed by atoms with Crippen molar-refractivity contribution < 1.29 is 4.79 Å². The van der Waals surface area contributed by atoms with Crippen LogP contribution in [0.3, 0.4) is 0 Å². The van der Waals surface area contributed by atoms with Crippen LogP contribution in [0.15, 0.2) is 36.4 Å². The van der Waals surface area contributed by atoms with Crippen LogP contribution >= 0.6 is 11.6 Å². The molecule has 1 N–H and O–H groups in total. The second-order valence-electron chi connectivity index (χ2n) is 7.33. The van der Waals surface area contributed by atoms with Crippen molar-refractivity contribution in [3.63, 3.8) is 0 Å². The summed E-state index contributed by atoms with van der Waals surface area (Å²) in [6, 6.07) is 12.1. The number of amides is 1. The fourth-order valence-corrected chi connectivity index (χ4v) is 4.77. The van der Waals surface area contributed by atoms with E-state index in [9.17, 15) is 4.79 Å². The number of carbonyl (C=O) groups excluding carboxylic acids is 1. The molecule has 2 atom stereocenters. The van der Waals surface area contributed by atoms with Gasteiger partial charge in [0.2, 0.25) is 0 Å². The Balaban J connectivity index is 1.68. The molecule has 0 saturated heterocycles. The average Bonchev–Trinajstić information content (AvgIpc) is 3.33. The second-order valence-corrected chi connectivity index (χ2v) is 7.77. The second kappa shape index (κ2) is 4.64. The van der Waals surface area contributed by atoms with Crippen LogP contribution in [0.5, 0.6) is 0 Å². The fourth-order valence-electron chi connectivity index (χ4n) is 4.60. The van der Waals surface area contributed by atoms with Gasteiger partial charge in [-0.05, 0) is 60.6 Å². The molecule has 1 saturated carbocycles. The van der Waals surface area contributed by atoms with Gasteiger partial charge in [0.05, 0.1) is 23.1 Å². The molecule has 0 radical (unpaired) electrons. The molecule has 124 valence electrons. The van der Waals surface area contributed by atoms with Crippen molar-refractivity contribution in [2.24, 2.45) is 0 Å². The zero-order valence-corrected chi connectivity index (χ0v) is 14.3. The molecular weight excluding hydrogens is 334 g/mol. The Morgan fingerprint density at radius 2 is 2.08 bits per heavy atom. The summed E-state index contributed by atoms with van der Waals surface area (Å²) in [6.45, 7) is 0. The molecule has 5 heteroatoms. The van der Waals surface area contributed by atoms with E-state index in [4.69, 9.17) is 16.6 Å². The first-order valence-electron chi connectivity index (χ1n) is 8.82. The molecule has 4 nitrogen and oxygen atoms in total. The van der Waals surface area contributed by atoms with Gasteiger partial charge in [-0.3, -0.25) is 4.79 Å². The van der Waals surface area contributed by atoms with Crippen molar-refractivity contribution in [3.05, 3.63) is 63.9 Å². The Morgan fingerprint density at radius 1 is 1.20 bits per heavy atom. The number of imidazole rings is 1. The number of nitrogens with zero attached hydrogens (tertiary/aromatic N) is 2. The van der Waals surface area contributed by atoms with Crippen LogP contribution in [-0.2, 0) is 0 Å². The van der Waals surface area contributed by atoms with Crippen LogP contribution in [0.1, 0.15) is 64.6 Å². The summed E-state index contributed by atoms with van der Waals surface area (Å²) in [5.41, 5.74) is 5.36. The Morgan fingerprint density at radius 3 is 2.92 bits per heavy atom. The maximum atomic E-state index is 12.8. The number of carbonyl (C=O) groups is 1. The summed E-state index contributed by atoms with van der Waals surface area (Å²) in [6.07, 6.45) is 3.31. The lowest BCUT2D eigenvalue weighted by Gasteiger charge is -2.21. The Labute approximate surface area is 149 Å². The molecule has 0 spiro atoms. The van der Waals surface area contributed by atoms with Gasteiger partial charge in [-0.15, -0.1) is 0 Å². The number of rotatable bonds is 1. The van der Waals surface area contributed by atoms with E-state index < -0.39 is 0 Å². The quantitative estimate of drug-likeness (QED) is 0.710. The predicted octanol–water partition coefficient (Wildman–Crippen LogP) is 4.34. The molecule has 2 bridgehead atoms. The third-order valence-electron chi connectivity index (χ3n) is 5.80. The highest BCUT2D eigenvalue weighted by atomic mass is 35.5. The van der Waals surface area contributed by atoms with Crippen molar-refractivity contribution in [3.8, 4) is 0 Å². The van der Waals surface area contributed by atoms with E-state index in [1.165, 1.54) is 24.0 Å². The molecule has 1 fully saturated rings. The minimum absolute atomic E-state index is 0.0290. The van der Waals surface area contributed by atoms with E-state index >= 15 is 0 Å². The summed E-state index contributed by atoms with van der Waals surface area (Å²) in [5.74, 6) is 1.58. The Bertz CT molecular complexity index is 1070. The molecular formula is C20H16ClN3O. The van der Waals surface area contributed by atoms with Gasteiger partial charge < -0.3 is 9.88 Å².